The third-order valence-electron chi connectivity index (χ3n) is 2.91. The highest BCUT2D eigenvalue weighted by atomic mass is 16.5. The largest absolute Gasteiger partial charge is 0.381 e. The number of carbonyl (C=O) groups excluding carboxylic acids is 1. The molecule has 4 heteroatoms. The Hall–Kier alpha value is -0.610. The maximum absolute atomic E-state index is 11.7. The zero-order valence-corrected chi connectivity index (χ0v) is 9.79. The van der Waals surface area contributed by atoms with Gasteiger partial charge in [-0.2, -0.15) is 0 Å². The van der Waals surface area contributed by atoms with E-state index in [0.717, 1.165) is 25.9 Å². The number of amides is 1. The van der Waals surface area contributed by atoms with Crippen molar-refractivity contribution in [3.63, 3.8) is 0 Å². The van der Waals surface area contributed by atoms with Gasteiger partial charge in [0, 0.05) is 19.7 Å². The van der Waals surface area contributed by atoms with E-state index in [0.29, 0.717) is 25.7 Å². The maximum atomic E-state index is 11.7. The number of carbonyl (C=O) groups is 1. The summed E-state index contributed by atoms with van der Waals surface area (Å²) in [5.74, 6) is 0.204. The lowest BCUT2D eigenvalue weighted by molar-refractivity contribution is -0.133. The number of nitrogens with one attached hydrogen (secondary N) is 1. The van der Waals surface area contributed by atoms with E-state index < -0.39 is 0 Å². The van der Waals surface area contributed by atoms with Gasteiger partial charge in [0.2, 0.25) is 5.91 Å². The summed E-state index contributed by atoms with van der Waals surface area (Å²) in [5, 5.41) is 3.30. The Balaban J connectivity index is 2.24. The van der Waals surface area contributed by atoms with Gasteiger partial charge in [0.1, 0.15) is 0 Å². The monoisotopic (exact) mass is 214 g/mol. The second-order valence-corrected chi connectivity index (χ2v) is 3.93. The minimum absolute atomic E-state index is 0.204. The first-order chi connectivity index (χ1) is 7.25. The van der Waals surface area contributed by atoms with Crippen LogP contribution in [-0.4, -0.2) is 50.2 Å². The molecule has 0 aromatic heterocycles. The van der Waals surface area contributed by atoms with E-state index in [1.807, 2.05) is 18.9 Å². The summed E-state index contributed by atoms with van der Waals surface area (Å²) in [6.07, 6.45) is 2.64. The molecule has 1 aliphatic heterocycles. The van der Waals surface area contributed by atoms with Crippen LogP contribution in [0.15, 0.2) is 0 Å². The lowest BCUT2D eigenvalue weighted by Crippen LogP contribution is -2.44. The van der Waals surface area contributed by atoms with E-state index in [2.05, 4.69) is 5.32 Å². The van der Waals surface area contributed by atoms with Crippen LogP contribution in [0.3, 0.4) is 0 Å². The van der Waals surface area contributed by atoms with Crippen molar-refractivity contribution < 1.29 is 9.53 Å². The van der Waals surface area contributed by atoms with Crippen LogP contribution in [0, 0.1) is 0 Å². The first-order valence-corrected chi connectivity index (χ1v) is 5.79. The molecule has 15 heavy (non-hydrogen) atoms. The summed E-state index contributed by atoms with van der Waals surface area (Å²) in [7, 11) is 1.91. The molecule has 0 saturated carbocycles. The lowest BCUT2D eigenvalue weighted by Gasteiger charge is -2.31. The quantitative estimate of drug-likeness (QED) is 0.682. The molecule has 0 unspecified atom stereocenters. The highest BCUT2D eigenvalue weighted by Gasteiger charge is 2.21. The molecule has 0 aliphatic carbocycles. The van der Waals surface area contributed by atoms with Gasteiger partial charge >= 0.3 is 0 Å². The van der Waals surface area contributed by atoms with Crippen LogP contribution < -0.4 is 5.32 Å². The van der Waals surface area contributed by atoms with Gasteiger partial charge in [0.15, 0.2) is 0 Å². The summed E-state index contributed by atoms with van der Waals surface area (Å²) < 4.78 is 5.18. The smallest absolute Gasteiger partial charge is 0.224 e. The molecule has 1 rings (SSSR count). The minimum atomic E-state index is 0.204. The second-order valence-electron chi connectivity index (χ2n) is 3.93. The van der Waals surface area contributed by atoms with Gasteiger partial charge in [-0.05, 0) is 32.9 Å². The molecule has 1 saturated heterocycles. The number of ether oxygens (including phenoxy) is 1. The van der Waals surface area contributed by atoms with Crippen LogP contribution in [0.25, 0.3) is 0 Å². The Morgan fingerprint density at radius 3 is 2.73 bits per heavy atom. The third-order valence-corrected chi connectivity index (χ3v) is 2.91. The van der Waals surface area contributed by atoms with Gasteiger partial charge in [0.25, 0.3) is 0 Å². The molecule has 1 aliphatic rings. The van der Waals surface area contributed by atoms with Crippen molar-refractivity contribution in [1.82, 2.24) is 10.2 Å². The van der Waals surface area contributed by atoms with Crippen LogP contribution in [0.5, 0.6) is 0 Å². The SMILES string of the molecule is CCOCCC(=O)N(C)C1CCNCC1. The van der Waals surface area contributed by atoms with Gasteiger partial charge in [-0.1, -0.05) is 0 Å². The molecule has 0 aromatic carbocycles. The predicted molar refractivity (Wildman–Crippen MR) is 59.8 cm³/mol. The van der Waals surface area contributed by atoms with E-state index in [-0.39, 0.29) is 5.91 Å². The molecule has 1 N–H and O–H groups in total. The Morgan fingerprint density at radius 2 is 2.13 bits per heavy atom. The fourth-order valence-electron chi connectivity index (χ4n) is 1.88. The van der Waals surface area contributed by atoms with Crippen LogP contribution in [0.2, 0.25) is 0 Å². The average Bonchev–Trinajstić information content (AvgIpc) is 2.29. The maximum Gasteiger partial charge on any atom is 0.224 e. The fourth-order valence-corrected chi connectivity index (χ4v) is 1.88. The number of hydrogen-bond acceptors (Lipinski definition) is 3. The highest BCUT2D eigenvalue weighted by molar-refractivity contribution is 5.76. The van der Waals surface area contributed by atoms with Crippen molar-refractivity contribution in [1.29, 1.82) is 0 Å². The van der Waals surface area contributed by atoms with Crippen molar-refractivity contribution in [3.05, 3.63) is 0 Å². The fraction of sp³-hybridized carbons (Fsp3) is 0.909. The van der Waals surface area contributed by atoms with Crippen LogP contribution in [0.4, 0.5) is 0 Å². The Morgan fingerprint density at radius 1 is 1.47 bits per heavy atom. The molecule has 4 nitrogen and oxygen atoms in total. The number of hydrogen-bond donors (Lipinski definition) is 1. The predicted octanol–water partition coefficient (Wildman–Crippen LogP) is 0.623. The number of piperidine rings is 1. The van der Waals surface area contributed by atoms with E-state index in [4.69, 9.17) is 4.74 Å². The van der Waals surface area contributed by atoms with E-state index in [1.54, 1.807) is 0 Å². The van der Waals surface area contributed by atoms with Gasteiger partial charge in [-0.3, -0.25) is 4.79 Å². The van der Waals surface area contributed by atoms with Crippen molar-refractivity contribution in [2.45, 2.75) is 32.2 Å². The standard InChI is InChI=1S/C11H22N2O2/c1-3-15-9-6-11(14)13(2)10-4-7-12-8-5-10/h10,12H,3-9H2,1-2H3. The lowest BCUT2D eigenvalue weighted by atomic mass is 10.1. The van der Waals surface area contributed by atoms with Gasteiger partial charge in [0.05, 0.1) is 13.0 Å². The summed E-state index contributed by atoms with van der Waals surface area (Å²) >= 11 is 0. The first-order valence-electron chi connectivity index (χ1n) is 5.79. The molecule has 0 aromatic rings. The van der Waals surface area contributed by atoms with Gasteiger partial charge < -0.3 is 15.0 Å². The highest BCUT2D eigenvalue weighted by Crippen LogP contribution is 2.10. The normalized spacial score (nSPS) is 17.7. The molecule has 1 amide bonds. The second kappa shape index (κ2) is 6.80. The molecule has 0 atom stereocenters. The van der Waals surface area contributed by atoms with Gasteiger partial charge in [-0.15, -0.1) is 0 Å². The zero-order chi connectivity index (χ0) is 11.1. The summed E-state index contributed by atoms with van der Waals surface area (Å²) in [4.78, 5) is 13.6. The first kappa shape index (κ1) is 12.5. The van der Waals surface area contributed by atoms with Crippen molar-refractivity contribution in [2.75, 3.05) is 33.4 Å². The van der Waals surface area contributed by atoms with E-state index >= 15 is 0 Å². The Kier molecular flexibility index (Phi) is 5.65. The summed E-state index contributed by atoms with van der Waals surface area (Å²) in [6, 6.07) is 0.417. The third kappa shape index (κ3) is 4.18. The topological polar surface area (TPSA) is 41.6 Å². The molecule has 0 radical (unpaired) electrons. The van der Waals surface area contributed by atoms with Crippen LogP contribution in [0.1, 0.15) is 26.2 Å². The summed E-state index contributed by atoms with van der Waals surface area (Å²) in [6.45, 7) is 5.22. The number of rotatable bonds is 5. The average molecular weight is 214 g/mol. The molecule has 1 heterocycles. The van der Waals surface area contributed by atoms with E-state index in [9.17, 15) is 4.79 Å². The molecule has 0 bridgehead atoms. The van der Waals surface area contributed by atoms with Crippen molar-refractivity contribution in [3.8, 4) is 0 Å². The van der Waals surface area contributed by atoms with Crippen LogP contribution in [-0.2, 0) is 9.53 Å². The zero-order valence-electron chi connectivity index (χ0n) is 9.79. The molecular formula is C11H22N2O2. The molecule has 88 valence electrons. The van der Waals surface area contributed by atoms with Gasteiger partial charge in [-0.25, -0.2) is 0 Å². The minimum Gasteiger partial charge on any atom is -0.381 e. The molecular weight excluding hydrogens is 192 g/mol. The Labute approximate surface area is 92.0 Å². The molecule has 0 spiro atoms. The van der Waals surface area contributed by atoms with Crippen molar-refractivity contribution in [2.24, 2.45) is 0 Å². The molecule has 1 fully saturated rings. The Bertz CT molecular complexity index is 191. The van der Waals surface area contributed by atoms with Crippen molar-refractivity contribution >= 4 is 5.91 Å². The van der Waals surface area contributed by atoms with Crippen LogP contribution >= 0.6 is 0 Å². The summed E-state index contributed by atoms with van der Waals surface area (Å²) in [5.41, 5.74) is 0. The van der Waals surface area contributed by atoms with E-state index in [1.165, 1.54) is 0 Å². The number of nitrogens with zero attached hydrogens (tertiary/aromatic N) is 1.